The van der Waals surface area contributed by atoms with Crippen LogP contribution in [0.2, 0.25) is 0 Å². The molecule has 20 heavy (non-hydrogen) atoms. The van der Waals surface area contributed by atoms with E-state index < -0.39 is 5.82 Å². The lowest BCUT2D eigenvalue weighted by atomic mass is 10.1. The number of carbonyl (C=O) groups is 1. The van der Waals surface area contributed by atoms with E-state index in [1.807, 2.05) is 6.07 Å². The summed E-state index contributed by atoms with van der Waals surface area (Å²) in [4.78, 5) is 11.9. The van der Waals surface area contributed by atoms with Crippen LogP contribution in [0.15, 0.2) is 46.9 Å². The second-order valence-electron chi connectivity index (χ2n) is 4.12. The summed E-state index contributed by atoms with van der Waals surface area (Å²) in [6.45, 7) is 0. The van der Waals surface area contributed by atoms with Crippen LogP contribution in [0.4, 0.5) is 10.1 Å². The molecule has 1 N–H and O–H groups in total. The number of nitrogens with one attached hydrogen (secondary N) is 1. The van der Waals surface area contributed by atoms with Crippen molar-refractivity contribution in [1.82, 2.24) is 0 Å². The molecule has 0 aliphatic rings. The second kappa shape index (κ2) is 6.31. The molecule has 0 aromatic heterocycles. The van der Waals surface area contributed by atoms with E-state index >= 15 is 0 Å². The lowest BCUT2D eigenvalue weighted by molar-refractivity contribution is -0.115. The third-order valence-corrected chi connectivity index (χ3v) is 3.18. The van der Waals surface area contributed by atoms with Crippen molar-refractivity contribution in [2.75, 3.05) is 5.32 Å². The summed E-state index contributed by atoms with van der Waals surface area (Å²) >= 11 is 3.27. The highest BCUT2D eigenvalue weighted by atomic mass is 79.9. The first-order chi connectivity index (χ1) is 9.60. The van der Waals surface area contributed by atoms with Crippen LogP contribution in [0.3, 0.4) is 0 Å². The molecule has 0 radical (unpaired) electrons. The van der Waals surface area contributed by atoms with Gasteiger partial charge in [-0.15, -0.1) is 0 Å². The van der Waals surface area contributed by atoms with Crippen molar-refractivity contribution in [3.8, 4) is 6.07 Å². The topological polar surface area (TPSA) is 52.9 Å². The van der Waals surface area contributed by atoms with Crippen LogP contribution in [-0.2, 0) is 11.2 Å². The molecule has 3 nitrogen and oxygen atoms in total. The van der Waals surface area contributed by atoms with E-state index in [-0.39, 0.29) is 12.3 Å². The number of halogens is 2. The number of nitriles is 1. The Morgan fingerprint density at radius 3 is 2.75 bits per heavy atom. The molecule has 5 heteroatoms. The van der Waals surface area contributed by atoms with Crippen molar-refractivity contribution in [2.45, 2.75) is 6.42 Å². The normalized spacial score (nSPS) is 9.85. The first kappa shape index (κ1) is 14.2. The fourth-order valence-electron chi connectivity index (χ4n) is 1.73. The highest BCUT2D eigenvalue weighted by Crippen LogP contribution is 2.21. The van der Waals surface area contributed by atoms with Crippen LogP contribution in [0, 0.1) is 17.1 Å². The quantitative estimate of drug-likeness (QED) is 0.932. The van der Waals surface area contributed by atoms with Crippen molar-refractivity contribution in [3.05, 3.63) is 63.9 Å². The zero-order valence-electron chi connectivity index (χ0n) is 10.4. The van der Waals surface area contributed by atoms with E-state index in [2.05, 4.69) is 21.2 Å². The number of nitrogens with zero attached hydrogens (tertiary/aromatic N) is 1. The number of hydrogen-bond acceptors (Lipinski definition) is 2. The highest BCUT2D eigenvalue weighted by molar-refractivity contribution is 9.10. The maximum atomic E-state index is 13.5. The maximum absolute atomic E-state index is 13.5. The summed E-state index contributed by atoms with van der Waals surface area (Å²) in [5, 5.41) is 11.6. The fraction of sp³-hybridized carbons (Fsp3) is 0.0667. The third kappa shape index (κ3) is 3.43. The number of anilines is 1. The number of carbonyl (C=O) groups excluding carboxylic acids is 1. The molecule has 0 aliphatic carbocycles. The zero-order valence-corrected chi connectivity index (χ0v) is 11.9. The minimum atomic E-state index is -0.419. The Bertz CT molecular complexity index is 695. The summed E-state index contributed by atoms with van der Waals surface area (Å²) < 4.78 is 14.2. The van der Waals surface area contributed by atoms with Gasteiger partial charge in [-0.1, -0.05) is 34.1 Å². The van der Waals surface area contributed by atoms with Gasteiger partial charge >= 0.3 is 0 Å². The molecule has 0 heterocycles. The van der Waals surface area contributed by atoms with E-state index in [1.54, 1.807) is 36.4 Å². The average Bonchev–Trinajstić information content (AvgIpc) is 2.41. The van der Waals surface area contributed by atoms with Gasteiger partial charge in [-0.2, -0.15) is 5.26 Å². The van der Waals surface area contributed by atoms with E-state index in [0.717, 1.165) is 4.47 Å². The van der Waals surface area contributed by atoms with Crippen LogP contribution >= 0.6 is 15.9 Å². The van der Waals surface area contributed by atoms with Gasteiger partial charge < -0.3 is 5.32 Å². The van der Waals surface area contributed by atoms with Gasteiger partial charge in [-0.05, 0) is 29.8 Å². The summed E-state index contributed by atoms with van der Waals surface area (Å²) in [5.74, 6) is -0.790. The largest absolute Gasteiger partial charge is 0.325 e. The van der Waals surface area contributed by atoms with Gasteiger partial charge in [0.2, 0.25) is 5.91 Å². The minimum Gasteiger partial charge on any atom is -0.325 e. The second-order valence-corrected chi connectivity index (χ2v) is 5.03. The average molecular weight is 333 g/mol. The Kier molecular flexibility index (Phi) is 4.49. The number of amides is 1. The maximum Gasteiger partial charge on any atom is 0.228 e. The Morgan fingerprint density at radius 2 is 2.05 bits per heavy atom. The van der Waals surface area contributed by atoms with Gasteiger partial charge in [0.1, 0.15) is 11.9 Å². The smallest absolute Gasteiger partial charge is 0.228 e. The number of rotatable bonds is 3. The number of benzene rings is 2. The summed E-state index contributed by atoms with van der Waals surface area (Å²) in [6, 6.07) is 13.0. The van der Waals surface area contributed by atoms with Gasteiger partial charge in [-0.3, -0.25) is 4.79 Å². The Labute approximate surface area is 124 Å². The molecule has 100 valence electrons. The fourth-order valence-corrected chi connectivity index (χ4v) is 2.09. The van der Waals surface area contributed by atoms with Gasteiger partial charge in [-0.25, -0.2) is 4.39 Å². The van der Waals surface area contributed by atoms with Crippen molar-refractivity contribution < 1.29 is 9.18 Å². The van der Waals surface area contributed by atoms with Crippen LogP contribution in [-0.4, -0.2) is 5.91 Å². The Morgan fingerprint density at radius 1 is 1.30 bits per heavy atom. The molecule has 0 aliphatic heterocycles. The van der Waals surface area contributed by atoms with Crippen molar-refractivity contribution in [2.24, 2.45) is 0 Å². The molecule has 2 aromatic carbocycles. The van der Waals surface area contributed by atoms with Crippen molar-refractivity contribution in [1.29, 1.82) is 5.26 Å². The molecule has 0 atom stereocenters. The van der Waals surface area contributed by atoms with E-state index in [1.165, 1.54) is 6.07 Å². The SMILES string of the molecule is N#Cc1ccc(Br)cc1NC(=O)Cc1ccccc1F. The van der Waals surface area contributed by atoms with E-state index in [4.69, 9.17) is 5.26 Å². The summed E-state index contributed by atoms with van der Waals surface area (Å²) in [7, 11) is 0. The van der Waals surface area contributed by atoms with E-state index in [0.29, 0.717) is 16.8 Å². The molecule has 2 aromatic rings. The van der Waals surface area contributed by atoms with Gasteiger partial charge in [0, 0.05) is 4.47 Å². The van der Waals surface area contributed by atoms with Gasteiger partial charge in [0.15, 0.2) is 0 Å². The molecule has 0 saturated heterocycles. The summed E-state index contributed by atoms with van der Waals surface area (Å²) in [5.41, 5.74) is 1.08. The molecule has 0 spiro atoms. The van der Waals surface area contributed by atoms with E-state index in [9.17, 15) is 9.18 Å². The lowest BCUT2D eigenvalue weighted by Crippen LogP contribution is -2.16. The van der Waals surface area contributed by atoms with Crippen LogP contribution in [0.5, 0.6) is 0 Å². The molecule has 0 fully saturated rings. The predicted molar refractivity (Wildman–Crippen MR) is 77.6 cm³/mol. The van der Waals surface area contributed by atoms with Crippen LogP contribution in [0.1, 0.15) is 11.1 Å². The first-order valence-electron chi connectivity index (χ1n) is 5.83. The van der Waals surface area contributed by atoms with Crippen LogP contribution < -0.4 is 5.32 Å². The van der Waals surface area contributed by atoms with Crippen molar-refractivity contribution >= 4 is 27.5 Å². The molecule has 0 unspecified atom stereocenters. The molecular formula is C15H10BrFN2O. The Hall–Kier alpha value is -2.19. The first-order valence-corrected chi connectivity index (χ1v) is 6.62. The van der Waals surface area contributed by atoms with Crippen molar-refractivity contribution in [3.63, 3.8) is 0 Å². The standard InChI is InChI=1S/C15H10BrFN2O/c16-12-6-5-11(9-18)14(8-12)19-15(20)7-10-3-1-2-4-13(10)17/h1-6,8H,7H2,(H,19,20). The molecule has 0 bridgehead atoms. The molecule has 1 amide bonds. The number of hydrogen-bond donors (Lipinski definition) is 1. The summed E-state index contributed by atoms with van der Waals surface area (Å²) in [6.07, 6.45) is -0.0793. The molecular weight excluding hydrogens is 323 g/mol. The Balaban J connectivity index is 2.15. The third-order valence-electron chi connectivity index (χ3n) is 2.69. The highest BCUT2D eigenvalue weighted by Gasteiger charge is 2.10. The molecule has 0 saturated carbocycles. The predicted octanol–water partition coefficient (Wildman–Crippen LogP) is 3.64. The van der Waals surface area contributed by atoms with Crippen LogP contribution in [0.25, 0.3) is 0 Å². The van der Waals surface area contributed by atoms with Gasteiger partial charge in [0.25, 0.3) is 0 Å². The van der Waals surface area contributed by atoms with Gasteiger partial charge in [0.05, 0.1) is 17.7 Å². The molecule has 2 rings (SSSR count). The lowest BCUT2D eigenvalue weighted by Gasteiger charge is -2.08. The minimum absolute atomic E-state index is 0.0793. The monoisotopic (exact) mass is 332 g/mol. The zero-order chi connectivity index (χ0) is 14.5.